The molecular formula is C27H28N2O2. The Bertz CT molecular complexity index is 994. The van der Waals surface area contributed by atoms with Crippen LogP contribution in [0, 0.1) is 0 Å². The van der Waals surface area contributed by atoms with E-state index in [1.165, 1.54) is 19.3 Å². The summed E-state index contributed by atoms with van der Waals surface area (Å²) in [4.78, 5) is 13.0. The number of hydrogen-bond donors (Lipinski definition) is 0. The minimum absolute atomic E-state index is 0.157. The third kappa shape index (κ3) is 7.03. The summed E-state index contributed by atoms with van der Waals surface area (Å²) < 4.78 is 5.77. The minimum atomic E-state index is -0.157. The lowest BCUT2D eigenvalue weighted by atomic mass is 10.0. The van der Waals surface area contributed by atoms with Crippen LogP contribution in [0.15, 0.2) is 95.1 Å². The molecule has 3 aromatic carbocycles. The highest BCUT2D eigenvalue weighted by Crippen LogP contribution is 2.13. The van der Waals surface area contributed by atoms with Crippen molar-refractivity contribution >= 4 is 17.7 Å². The van der Waals surface area contributed by atoms with Crippen LogP contribution in [0.2, 0.25) is 0 Å². The van der Waals surface area contributed by atoms with Gasteiger partial charge in [-0.3, -0.25) is 4.79 Å². The molecule has 0 atom stereocenters. The Labute approximate surface area is 184 Å². The van der Waals surface area contributed by atoms with Crippen molar-refractivity contribution in [3.63, 3.8) is 0 Å². The Kier molecular flexibility index (Phi) is 8.74. The van der Waals surface area contributed by atoms with E-state index in [9.17, 15) is 4.79 Å². The number of carbonyl (C=O) groups excluding carboxylic acids is 1. The quantitative estimate of drug-likeness (QED) is 0.159. The summed E-state index contributed by atoms with van der Waals surface area (Å²) in [6, 6.07) is 26.2. The standard InChI is InChI=1S/C27H28N2O2/c1-2-3-4-11-20-31-25-18-16-22(17-19-25)21-28-29-26(23-12-7-5-8-13-23)27(30)24-14-9-6-10-15-24/h5-10,12-19,21H,2-4,11,20H2,1H3/b28-21+,29-26+. The van der Waals surface area contributed by atoms with Crippen molar-refractivity contribution in [2.45, 2.75) is 32.6 Å². The fourth-order valence-electron chi connectivity index (χ4n) is 3.08. The Morgan fingerprint density at radius 3 is 2.10 bits per heavy atom. The predicted octanol–water partition coefficient (Wildman–Crippen LogP) is 6.35. The van der Waals surface area contributed by atoms with Gasteiger partial charge >= 0.3 is 0 Å². The topological polar surface area (TPSA) is 51.0 Å². The number of Topliss-reactive ketones (excluding diaryl/α,β-unsaturated/α-hetero) is 1. The van der Waals surface area contributed by atoms with Crippen LogP contribution in [0.3, 0.4) is 0 Å². The first-order chi connectivity index (χ1) is 15.3. The van der Waals surface area contributed by atoms with E-state index >= 15 is 0 Å². The average Bonchev–Trinajstić information content (AvgIpc) is 2.83. The first-order valence-electron chi connectivity index (χ1n) is 10.8. The molecule has 3 rings (SSSR count). The molecular weight excluding hydrogens is 384 g/mol. The van der Waals surface area contributed by atoms with Crippen molar-refractivity contribution in [1.29, 1.82) is 0 Å². The summed E-state index contributed by atoms with van der Waals surface area (Å²) in [5.74, 6) is 0.692. The molecule has 0 radical (unpaired) electrons. The summed E-state index contributed by atoms with van der Waals surface area (Å²) in [5, 5.41) is 8.46. The van der Waals surface area contributed by atoms with Gasteiger partial charge in [0.05, 0.1) is 12.8 Å². The first kappa shape index (κ1) is 22.2. The van der Waals surface area contributed by atoms with Crippen LogP contribution in [0.5, 0.6) is 5.75 Å². The van der Waals surface area contributed by atoms with E-state index in [1.807, 2.05) is 72.8 Å². The molecule has 0 saturated carbocycles. The molecule has 0 aromatic heterocycles. The van der Waals surface area contributed by atoms with E-state index in [0.717, 1.165) is 29.9 Å². The van der Waals surface area contributed by atoms with Crippen molar-refractivity contribution < 1.29 is 9.53 Å². The smallest absolute Gasteiger partial charge is 0.213 e. The van der Waals surface area contributed by atoms with Crippen molar-refractivity contribution in [2.75, 3.05) is 6.61 Å². The Hall–Kier alpha value is -3.53. The largest absolute Gasteiger partial charge is 0.494 e. The van der Waals surface area contributed by atoms with Crippen molar-refractivity contribution in [3.05, 3.63) is 102 Å². The zero-order chi connectivity index (χ0) is 21.7. The normalized spacial score (nSPS) is 11.6. The fourth-order valence-corrected chi connectivity index (χ4v) is 3.08. The van der Waals surface area contributed by atoms with Crippen LogP contribution in [0.4, 0.5) is 0 Å². The zero-order valence-electron chi connectivity index (χ0n) is 17.9. The number of ether oxygens (including phenoxy) is 1. The van der Waals surface area contributed by atoms with E-state index in [1.54, 1.807) is 18.3 Å². The summed E-state index contributed by atoms with van der Waals surface area (Å²) in [6.45, 7) is 2.94. The fraction of sp³-hybridized carbons (Fsp3) is 0.222. The lowest BCUT2D eigenvalue weighted by Crippen LogP contribution is -2.15. The van der Waals surface area contributed by atoms with E-state index in [2.05, 4.69) is 17.1 Å². The van der Waals surface area contributed by atoms with Gasteiger partial charge in [-0.05, 0) is 36.2 Å². The van der Waals surface area contributed by atoms with Gasteiger partial charge < -0.3 is 4.74 Å². The molecule has 0 amide bonds. The maximum absolute atomic E-state index is 13.0. The minimum Gasteiger partial charge on any atom is -0.494 e. The molecule has 4 heteroatoms. The molecule has 0 aliphatic carbocycles. The molecule has 0 aliphatic heterocycles. The monoisotopic (exact) mass is 412 g/mol. The third-order valence-electron chi connectivity index (χ3n) is 4.81. The second-order valence-electron chi connectivity index (χ2n) is 7.23. The number of carbonyl (C=O) groups is 1. The SMILES string of the molecule is CCCCCCOc1ccc(/C=N/N=C(/C(=O)c2ccccc2)c2ccccc2)cc1. The first-order valence-corrected chi connectivity index (χ1v) is 10.8. The van der Waals surface area contributed by atoms with Gasteiger partial charge in [-0.2, -0.15) is 5.10 Å². The Balaban J connectivity index is 1.69. The lowest BCUT2D eigenvalue weighted by Gasteiger charge is -2.06. The molecule has 0 N–H and O–H groups in total. The molecule has 158 valence electrons. The second kappa shape index (κ2) is 12.2. The molecule has 0 fully saturated rings. The Morgan fingerprint density at radius 1 is 0.806 bits per heavy atom. The molecule has 31 heavy (non-hydrogen) atoms. The molecule has 0 spiro atoms. The molecule has 0 unspecified atom stereocenters. The lowest BCUT2D eigenvalue weighted by molar-refractivity contribution is 0.106. The predicted molar refractivity (Wildman–Crippen MR) is 127 cm³/mol. The number of unbranched alkanes of at least 4 members (excludes halogenated alkanes) is 3. The number of nitrogens with zero attached hydrogens (tertiary/aromatic N) is 2. The second-order valence-corrected chi connectivity index (χ2v) is 7.23. The van der Waals surface area contributed by atoms with Crippen molar-refractivity contribution in [3.8, 4) is 5.75 Å². The summed E-state index contributed by atoms with van der Waals surface area (Å²) in [6.07, 6.45) is 6.39. The summed E-state index contributed by atoms with van der Waals surface area (Å²) in [5.41, 5.74) is 2.53. The highest BCUT2D eigenvalue weighted by Gasteiger charge is 2.15. The Morgan fingerprint density at radius 2 is 1.45 bits per heavy atom. The maximum atomic E-state index is 13.0. The van der Waals surface area contributed by atoms with Crippen LogP contribution in [-0.2, 0) is 0 Å². The highest BCUT2D eigenvalue weighted by atomic mass is 16.5. The van der Waals surface area contributed by atoms with Crippen LogP contribution < -0.4 is 4.74 Å². The molecule has 0 heterocycles. The number of benzene rings is 3. The van der Waals surface area contributed by atoms with Crippen LogP contribution in [-0.4, -0.2) is 24.3 Å². The van der Waals surface area contributed by atoms with Crippen molar-refractivity contribution in [1.82, 2.24) is 0 Å². The third-order valence-corrected chi connectivity index (χ3v) is 4.81. The van der Waals surface area contributed by atoms with Gasteiger partial charge in [-0.1, -0.05) is 86.8 Å². The van der Waals surface area contributed by atoms with Crippen molar-refractivity contribution in [2.24, 2.45) is 10.2 Å². The van der Waals surface area contributed by atoms with E-state index in [0.29, 0.717) is 11.3 Å². The highest BCUT2D eigenvalue weighted by molar-refractivity contribution is 6.51. The van der Waals surface area contributed by atoms with Gasteiger partial charge in [-0.25, -0.2) is 0 Å². The number of rotatable bonds is 11. The molecule has 3 aromatic rings. The molecule has 4 nitrogen and oxygen atoms in total. The van der Waals surface area contributed by atoms with Crippen LogP contribution in [0.1, 0.15) is 54.1 Å². The van der Waals surface area contributed by atoms with Gasteiger partial charge in [-0.15, -0.1) is 5.10 Å². The van der Waals surface area contributed by atoms with Gasteiger partial charge in [0.15, 0.2) is 0 Å². The zero-order valence-corrected chi connectivity index (χ0v) is 17.9. The molecule has 0 aliphatic rings. The van der Waals surface area contributed by atoms with Gasteiger partial charge in [0.2, 0.25) is 5.78 Å². The van der Waals surface area contributed by atoms with Gasteiger partial charge in [0.1, 0.15) is 11.5 Å². The molecule has 0 saturated heterocycles. The number of hydrogen-bond acceptors (Lipinski definition) is 4. The van der Waals surface area contributed by atoms with Crippen LogP contribution >= 0.6 is 0 Å². The molecule has 0 bridgehead atoms. The van der Waals surface area contributed by atoms with Gasteiger partial charge in [0.25, 0.3) is 0 Å². The average molecular weight is 413 g/mol. The summed E-state index contributed by atoms with van der Waals surface area (Å²) in [7, 11) is 0. The summed E-state index contributed by atoms with van der Waals surface area (Å²) >= 11 is 0. The van der Waals surface area contributed by atoms with Crippen LogP contribution in [0.25, 0.3) is 0 Å². The maximum Gasteiger partial charge on any atom is 0.213 e. The van der Waals surface area contributed by atoms with E-state index in [4.69, 9.17) is 4.74 Å². The van der Waals surface area contributed by atoms with E-state index < -0.39 is 0 Å². The van der Waals surface area contributed by atoms with E-state index in [-0.39, 0.29) is 5.78 Å². The number of ketones is 1. The van der Waals surface area contributed by atoms with Gasteiger partial charge in [0, 0.05) is 11.1 Å².